The number of amides is 1. The minimum absolute atomic E-state index is 0.0964. The van der Waals surface area contributed by atoms with Crippen LogP contribution in [-0.4, -0.2) is 37.6 Å². The standard InChI is InChI=1S/C20H17FN6O3S/c1-23-20(28)14-11-25-19(27-18-6-4-13(21)10-24-18)8-16(14)26-15-5-3-12(9-22)7-17(15)31(2,29)30/h3-8,10-11H,1-2H3,(H,23,28)(H2,24,25,26,27). The summed E-state index contributed by atoms with van der Waals surface area (Å²) >= 11 is 0. The summed E-state index contributed by atoms with van der Waals surface area (Å²) in [7, 11) is -2.23. The number of aromatic nitrogens is 2. The van der Waals surface area contributed by atoms with Crippen LogP contribution in [0.1, 0.15) is 15.9 Å². The highest BCUT2D eigenvalue weighted by Crippen LogP contribution is 2.29. The maximum absolute atomic E-state index is 13.1. The van der Waals surface area contributed by atoms with Crippen LogP contribution in [0.25, 0.3) is 0 Å². The lowest BCUT2D eigenvalue weighted by atomic mass is 10.1. The Bertz CT molecular complexity index is 1290. The zero-order chi connectivity index (χ0) is 22.6. The van der Waals surface area contributed by atoms with Gasteiger partial charge in [0.15, 0.2) is 9.84 Å². The van der Waals surface area contributed by atoms with Crippen LogP contribution in [0.4, 0.5) is 27.4 Å². The van der Waals surface area contributed by atoms with Gasteiger partial charge in [0.2, 0.25) is 0 Å². The second kappa shape index (κ2) is 8.76. The smallest absolute Gasteiger partial charge is 0.254 e. The van der Waals surface area contributed by atoms with Gasteiger partial charge in [0.25, 0.3) is 5.91 Å². The molecule has 3 rings (SSSR count). The molecule has 2 heterocycles. The Kier molecular flexibility index (Phi) is 6.12. The molecule has 3 N–H and O–H groups in total. The Hall–Kier alpha value is -4.04. The molecule has 1 aromatic carbocycles. The molecule has 0 aliphatic rings. The monoisotopic (exact) mass is 440 g/mol. The maximum atomic E-state index is 13.1. The van der Waals surface area contributed by atoms with E-state index in [1.807, 2.05) is 6.07 Å². The van der Waals surface area contributed by atoms with E-state index >= 15 is 0 Å². The number of anilines is 4. The molecule has 3 aromatic rings. The summed E-state index contributed by atoms with van der Waals surface area (Å²) in [6.45, 7) is 0. The summed E-state index contributed by atoms with van der Waals surface area (Å²) in [6, 6.07) is 10.2. The lowest BCUT2D eigenvalue weighted by Gasteiger charge is -2.15. The van der Waals surface area contributed by atoms with Crippen LogP contribution < -0.4 is 16.0 Å². The molecule has 0 aliphatic carbocycles. The van der Waals surface area contributed by atoms with Gasteiger partial charge in [-0.1, -0.05) is 0 Å². The average Bonchev–Trinajstić information content (AvgIpc) is 2.74. The van der Waals surface area contributed by atoms with Gasteiger partial charge in [0.05, 0.1) is 39.7 Å². The van der Waals surface area contributed by atoms with Gasteiger partial charge in [0.1, 0.15) is 17.5 Å². The number of pyridine rings is 2. The fourth-order valence-electron chi connectivity index (χ4n) is 2.67. The number of benzene rings is 1. The largest absolute Gasteiger partial charge is 0.355 e. The fourth-order valence-corrected chi connectivity index (χ4v) is 3.53. The number of rotatable bonds is 6. The van der Waals surface area contributed by atoms with E-state index in [9.17, 15) is 17.6 Å². The van der Waals surface area contributed by atoms with Crippen molar-refractivity contribution in [3.63, 3.8) is 0 Å². The van der Waals surface area contributed by atoms with Gasteiger partial charge in [-0.25, -0.2) is 22.8 Å². The van der Waals surface area contributed by atoms with E-state index in [2.05, 4.69) is 25.9 Å². The second-order valence-corrected chi connectivity index (χ2v) is 8.38. The molecule has 9 nitrogen and oxygen atoms in total. The van der Waals surface area contributed by atoms with E-state index in [-0.39, 0.29) is 33.2 Å². The number of carbonyl (C=O) groups excluding carboxylic acids is 1. The molecule has 0 atom stereocenters. The van der Waals surface area contributed by atoms with E-state index in [0.717, 1.165) is 12.5 Å². The Morgan fingerprint density at radius 3 is 2.39 bits per heavy atom. The molecule has 31 heavy (non-hydrogen) atoms. The van der Waals surface area contributed by atoms with Gasteiger partial charge in [0, 0.05) is 25.6 Å². The highest BCUT2D eigenvalue weighted by molar-refractivity contribution is 7.90. The predicted molar refractivity (Wildman–Crippen MR) is 113 cm³/mol. The van der Waals surface area contributed by atoms with Crippen molar-refractivity contribution in [2.75, 3.05) is 23.9 Å². The van der Waals surface area contributed by atoms with Gasteiger partial charge < -0.3 is 16.0 Å². The number of hydrogen-bond donors (Lipinski definition) is 3. The topological polar surface area (TPSA) is 137 Å². The molecule has 0 radical (unpaired) electrons. The number of sulfone groups is 1. The van der Waals surface area contributed by atoms with Crippen molar-refractivity contribution in [1.29, 1.82) is 5.26 Å². The van der Waals surface area contributed by atoms with Crippen molar-refractivity contribution in [3.8, 4) is 6.07 Å². The molecule has 158 valence electrons. The average molecular weight is 440 g/mol. The summed E-state index contributed by atoms with van der Waals surface area (Å²) in [5.41, 5.74) is 0.776. The number of nitrogens with one attached hydrogen (secondary N) is 3. The van der Waals surface area contributed by atoms with Crippen molar-refractivity contribution in [2.24, 2.45) is 0 Å². The Morgan fingerprint density at radius 2 is 1.77 bits per heavy atom. The summed E-state index contributed by atoms with van der Waals surface area (Å²) in [5, 5.41) is 17.4. The number of nitriles is 1. The zero-order valence-corrected chi connectivity index (χ0v) is 17.3. The highest BCUT2D eigenvalue weighted by atomic mass is 32.2. The first-order valence-corrected chi connectivity index (χ1v) is 10.7. The second-order valence-electron chi connectivity index (χ2n) is 6.40. The van der Waals surface area contributed by atoms with Crippen LogP contribution in [-0.2, 0) is 9.84 Å². The van der Waals surface area contributed by atoms with Gasteiger partial charge in [-0.3, -0.25) is 4.79 Å². The molecule has 0 fully saturated rings. The van der Waals surface area contributed by atoms with Gasteiger partial charge in [-0.05, 0) is 30.3 Å². The van der Waals surface area contributed by atoms with Gasteiger partial charge >= 0.3 is 0 Å². The maximum Gasteiger partial charge on any atom is 0.254 e. The molecular formula is C20H17FN6O3S. The first-order valence-electron chi connectivity index (χ1n) is 8.83. The quantitative estimate of drug-likeness (QED) is 0.532. The Labute approximate surface area is 177 Å². The fraction of sp³-hybridized carbons (Fsp3) is 0.100. The lowest BCUT2D eigenvalue weighted by molar-refractivity contribution is 0.0963. The van der Waals surface area contributed by atoms with Crippen LogP contribution >= 0.6 is 0 Å². The minimum atomic E-state index is -3.68. The SMILES string of the molecule is CNC(=O)c1cnc(Nc2ccc(F)cn2)cc1Nc1ccc(C#N)cc1S(C)(=O)=O. The van der Waals surface area contributed by atoms with Crippen molar-refractivity contribution >= 4 is 38.8 Å². The van der Waals surface area contributed by atoms with Crippen molar-refractivity contribution in [3.05, 3.63) is 65.7 Å². The van der Waals surface area contributed by atoms with E-state index in [0.29, 0.717) is 5.82 Å². The third-order valence-corrected chi connectivity index (χ3v) is 5.28. The van der Waals surface area contributed by atoms with E-state index < -0.39 is 21.6 Å². The van der Waals surface area contributed by atoms with E-state index in [1.54, 1.807) is 0 Å². The molecule has 0 bridgehead atoms. The normalized spacial score (nSPS) is 10.8. The predicted octanol–water partition coefficient (Wildman–Crippen LogP) is 2.74. The molecular weight excluding hydrogens is 423 g/mol. The van der Waals surface area contributed by atoms with E-state index in [1.165, 1.54) is 49.6 Å². The van der Waals surface area contributed by atoms with E-state index in [4.69, 9.17) is 5.26 Å². The number of hydrogen-bond acceptors (Lipinski definition) is 8. The molecule has 0 saturated carbocycles. The van der Waals surface area contributed by atoms with Crippen LogP contribution in [0.2, 0.25) is 0 Å². The third kappa shape index (κ3) is 5.12. The molecule has 0 spiro atoms. The van der Waals surface area contributed by atoms with Crippen LogP contribution in [0, 0.1) is 17.1 Å². The first kappa shape index (κ1) is 21.7. The van der Waals surface area contributed by atoms with Gasteiger partial charge in [-0.15, -0.1) is 0 Å². The minimum Gasteiger partial charge on any atom is -0.355 e. The van der Waals surface area contributed by atoms with Crippen LogP contribution in [0.15, 0.2) is 53.7 Å². The third-order valence-electron chi connectivity index (χ3n) is 4.14. The molecule has 1 amide bonds. The Balaban J connectivity index is 2.05. The summed E-state index contributed by atoms with van der Waals surface area (Å²) in [5.74, 6) is -0.340. The van der Waals surface area contributed by atoms with Crippen LogP contribution in [0.3, 0.4) is 0 Å². The number of halogens is 1. The highest BCUT2D eigenvalue weighted by Gasteiger charge is 2.18. The molecule has 2 aromatic heterocycles. The summed E-state index contributed by atoms with van der Waals surface area (Å²) in [4.78, 5) is 20.2. The Morgan fingerprint density at radius 1 is 1.03 bits per heavy atom. The van der Waals surface area contributed by atoms with Crippen molar-refractivity contribution in [2.45, 2.75) is 4.90 Å². The molecule has 0 aliphatic heterocycles. The van der Waals surface area contributed by atoms with Crippen molar-refractivity contribution < 1.29 is 17.6 Å². The number of nitrogens with zero attached hydrogens (tertiary/aromatic N) is 3. The van der Waals surface area contributed by atoms with Crippen LogP contribution in [0.5, 0.6) is 0 Å². The van der Waals surface area contributed by atoms with Gasteiger partial charge in [-0.2, -0.15) is 5.26 Å². The molecule has 11 heteroatoms. The molecule has 0 unspecified atom stereocenters. The van der Waals surface area contributed by atoms with Crippen molar-refractivity contribution in [1.82, 2.24) is 15.3 Å². The summed E-state index contributed by atoms with van der Waals surface area (Å²) < 4.78 is 37.5. The number of carbonyl (C=O) groups is 1. The molecule has 0 saturated heterocycles. The zero-order valence-electron chi connectivity index (χ0n) is 16.5. The first-order chi connectivity index (χ1) is 14.7. The lowest BCUT2D eigenvalue weighted by Crippen LogP contribution is -2.20. The summed E-state index contributed by atoms with van der Waals surface area (Å²) in [6.07, 6.45) is 3.36.